The Kier molecular flexibility index (Phi) is 11.4. The number of nitrogens with one attached hydrogen (secondary N) is 1. The van der Waals surface area contributed by atoms with Gasteiger partial charge in [0.1, 0.15) is 6.04 Å². The van der Waals surface area contributed by atoms with Crippen molar-refractivity contribution in [3.63, 3.8) is 0 Å². The van der Waals surface area contributed by atoms with Crippen LogP contribution >= 0.6 is 39.3 Å². The van der Waals surface area contributed by atoms with Crippen LogP contribution in [-0.2, 0) is 28.3 Å². The minimum absolute atomic E-state index is 0.0239. The van der Waals surface area contributed by atoms with E-state index in [9.17, 15) is 9.59 Å². The molecule has 190 valence electrons. The minimum atomic E-state index is -0.625. The lowest BCUT2D eigenvalue weighted by Crippen LogP contribution is -2.52. The number of halogens is 2. The molecule has 0 aliphatic heterocycles. The van der Waals surface area contributed by atoms with E-state index in [-0.39, 0.29) is 23.6 Å². The molecule has 36 heavy (non-hydrogen) atoms. The molecule has 4 nitrogen and oxygen atoms in total. The second kappa shape index (κ2) is 14.5. The van der Waals surface area contributed by atoms with E-state index in [1.54, 1.807) is 4.90 Å². The van der Waals surface area contributed by atoms with Crippen LogP contribution in [-0.4, -0.2) is 34.6 Å². The Balaban J connectivity index is 1.85. The van der Waals surface area contributed by atoms with Gasteiger partial charge in [-0.2, -0.15) is 0 Å². The van der Waals surface area contributed by atoms with E-state index in [0.29, 0.717) is 23.7 Å². The first-order valence-electron chi connectivity index (χ1n) is 12.1. The first-order valence-corrected chi connectivity index (χ1v) is 14.4. The molecule has 3 aromatic carbocycles. The van der Waals surface area contributed by atoms with Crippen LogP contribution < -0.4 is 5.32 Å². The highest BCUT2D eigenvalue weighted by molar-refractivity contribution is 9.10. The summed E-state index contributed by atoms with van der Waals surface area (Å²) in [6.07, 6.45) is 1.26. The number of carbonyl (C=O) groups excluding carboxylic acids is 2. The zero-order valence-electron chi connectivity index (χ0n) is 20.6. The number of carbonyl (C=O) groups is 2. The number of thioether (sulfide) groups is 1. The predicted molar refractivity (Wildman–Crippen MR) is 154 cm³/mol. The molecule has 3 rings (SSSR count). The van der Waals surface area contributed by atoms with Crippen molar-refractivity contribution in [1.29, 1.82) is 0 Å². The van der Waals surface area contributed by atoms with E-state index < -0.39 is 6.04 Å². The second-order valence-corrected chi connectivity index (χ2v) is 11.1. The van der Waals surface area contributed by atoms with Crippen LogP contribution in [0.4, 0.5) is 0 Å². The molecular formula is C29H32BrClN2O2S. The number of amides is 2. The Hall–Kier alpha value is -2.28. The number of rotatable bonds is 12. The van der Waals surface area contributed by atoms with Gasteiger partial charge in [-0.3, -0.25) is 9.59 Å². The van der Waals surface area contributed by atoms with Gasteiger partial charge in [0.25, 0.3) is 0 Å². The van der Waals surface area contributed by atoms with E-state index in [0.717, 1.165) is 27.6 Å². The number of benzene rings is 3. The maximum atomic E-state index is 13.7. The van der Waals surface area contributed by atoms with Crippen molar-refractivity contribution in [2.24, 2.45) is 0 Å². The van der Waals surface area contributed by atoms with Crippen molar-refractivity contribution in [1.82, 2.24) is 10.2 Å². The van der Waals surface area contributed by atoms with Gasteiger partial charge in [-0.05, 0) is 54.3 Å². The summed E-state index contributed by atoms with van der Waals surface area (Å²) in [5, 5.41) is 3.79. The third kappa shape index (κ3) is 8.99. The molecule has 3 aromatic rings. The highest BCUT2D eigenvalue weighted by Gasteiger charge is 2.30. The van der Waals surface area contributed by atoms with Crippen LogP contribution in [0.2, 0.25) is 5.02 Å². The lowest BCUT2D eigenvalue weighted by Gasteiger charge is -2.32. The monoisotopic (exact) mass is 586 g/mol. The van der Waals surface area contributed by atoms with Crippen molar-refractivity contribution in [3.05, 3.63) is 105 Å². The third-order valence-electron chi connectivity index (χ3n) is 5.90. The molecular weight excluding hydrogens is 556 g/mol. The molecule has 0 spiro atoms. The molecule has 0 aliphatic rings. The molecule has 0 saturated heterocycles. The summed E-state index contributed by atoms with van der Waals surface area (Å²) in [5.41, 5.74) is 3.04. The summed E-state index contributed by atoms with van der Waals surface area (Å²) in [4.78, 5) is 28.9. The normalized spacial score (nSPS) is 12.6. The predicted octanol–water partition coefficient (Wildman–Crippen LogP) is 6.89. The molecule has 0 aliphatic carbocycles. The molecule has 0 fully saturated rings. The maximum Gasteiger partial charge on any atom is 0.243 e. The van der Waals surface area contributed by atoms with Crippen molar-refractivity contribution in [2.75, 3.05) is 5.75 Å². The van der Waals surface area contributed by atoms with Crippen LogP contribution in [0.1, 0.15) is 37.0 Å². The van der Waals surface area contributed by atoms with E-state index in [1.165, 1.54) is 11.8 Å². The van der Waals surface area contributed by atoms with Crippen LogP contribution in [0.3, 0.4) is 0 Å². The van der Waals surface area contributed by atoms with Gasteiger partial charge in [-0.15, -0.1) is 11.8 Å². The molecule has 7 heteroatoms. The Bertz CT molecular complexity index is 1140. The van der Waals surface area contributed by atoms with Gasteiger partial charge in [-0.25, -0.2) is 0 Å². The van der Waals surface area contributed by atoms with Gasteiger partial charge in [0.15, 0.2) is 0 Å². The van der Waals surface area contributed by atoms with Gasteiger partial charge in [0.2, 0.25) is 11.8 Å². The smallest absolute Gasteiger partial charge is 0.243 e. The maximum absolute atomic E-state index is 13.7. The first kappa shape index (κ1) is 28.3. The zero-order valence-corrected chi connectivity index (χ0v) is 23.8. The number of hydrogen-bond acceptors (Lipinski definition) is 3. The molecule has 0 saturated carbocycles. The molecule has 2 atom stereocenters. The average Bonchev–Trinajstić information content (AvgIpc) is 2.86. The molecule has 0 heterocycles. The molecule has 0 radical (unpaired) electrons. The Morgan fingerprint density at radius 3 is 2.36 bits per heavy atom. The fraction of sp³-hybridized carbons (Fsp3) is 0.310. The van der Waals surface area contributed by atoms with Crippen molar-refractivity contribution in [3.8, 4) is 0 Å². The van der Waals surface area contributed by atoms with Gasteiger partial charge in [0, 0.05) is 34.3 Å². The summed E-state index contributed by atoms with van der Waals surface area (Å²) in [6, 6.07) is 24.8. The van der Waals surface area contributed by atoms with Gasteiger partial charge >= 0.3 is 0 Å². The third-order valence-corrected chi connectivity index (χ3v) is 7.61. The Morgan fingerprint density at radius 2 is 1.67 bits per heavy atom. The second-order valence-electron chi connectivity index (χ2n) is 8.80. The van der Waals surface area contributed by atoms with Crippen molar-refractivity contribution in [2.45, 2.75) is 51.1 Å². The summed E-state index contributed by atoms with van der Waals surface area (Å²) in [7, 11) is 0. The van der Waals surface area contributed by atoms with Crippen LogP contribution in [0, 0.1) is 0 Å². The van der Waals surface area contributed by atoms with E-state index >= 15 is 0 Å². The van der Waals surface area contributed by atoms with Crippen molar-refractivity contribution < 1.29 is 9.59 Å². The Morgan fingerprint density at radius 1 is 0.972 bits per heavy atom. The summed E-state index contributed by atoms with van der Waals surface area (Å²) in [6.45, 7) is 4.37. The zero-order chi connectivity index (χ0) is 25.9. The summed E-state index contributed by atoms with van der Waals surface area (Å²) >= 11 is 11.2. The largest absolute Gasteiger partial charge is 0.352 e. The first-order chi connectivity index (χ1) is 17.4. The van der Waals surface area contributed by atoms with E-state index in [1.807, 2.05) is 92.7 Å². The summed E-state index contributed by atoms with van der Waals surface area (Å²) in [5.74, 6) is 0.737. The van der Waals surface area contributed by atoms with Crippen LogP contribution in [0.25, 0.3) is 0 Å². The van der Waals surface area contributed by atoms with Crippen LogP contribution in [0.5, 0.6) is 0 Å². The standard InChI is InChI=1S/C29H32BrClN2O2S/c1-3-21(2)32-29(35)27(17-22-9-5-4-6-10-22)33(18-23-11-7-13-25(30)15-23)28(34)20-36-19-24-12-8-14-26(31)16-24/h4-16,21,27H,3,17-20H2,1-2H3,(H,32,35)/t21-,27+/m1/s1. The van der Waals surface area contributed by atoms with E-state index in [4.69, 9.17) is 11.6 Å². The molecule has 0 bridgehead atoms. The molecule has 0 aromatic heterocycles. The lowest BCUT2D eigenvalue weighted by atomic mass is 10.0. The average molecular weight is 588 g/mol. The summed E-state index contributed by atoms with van der Waals surface area (Å²) < 4.78 is 0.936. The lowest BCUT2D eigenvalue weighted by molar-refractivity contribution is -0.139. The van der Waals surface area contributed by atoms with Gasteiger partial charge in [0.05, 0.1) is 5.75 Å². The number of hydrogen-bond donors (Lipinski definition) is 1. The fourth-order valence-electron chi connectivity index (χ4n) is 3.79. The molecule has 2 amide bonds. The minimum Gasteiger partial charge on any atom is -0.352 e. The van der Waals surface area contributed by atoms with Gasteiger partial charge in [-0.1, -0.05) is 89.1 Å². The Labute approximate surface area is 231 Å². The van der Waals surface area contributed by atoms with E-state index in [2.05, 4.69) is 21.2 Å². The van der Waals surface area contributed by atoms with Crippen LogP contribution in [0.15, 0.2) is 83.3 Å². The number of nitrogens with zero attached hydrogens (tertiary/aromatic N) is 1. The molecule has 0 unspecified atom stereocenters. The molecule has 1 N–H and O–H groups in total. The van der Waals surface area contributed by atoms with Crippen molar-refractivity contribution >= 4 is 51.1 Å². The SMILES string of the molecule is CC[C@@H](C)NC(=O)[C@H](Cc1ccccc1)N(Cc1cccc(Br)c1)C(=O)CSCc1cccc(Cl)c1. The topological polar surface area (TPSA) is 49.4 Å². The van der Waals surface area contributed by atoms with Gasteiger partial charge < -0.3 is 10.2 Å². The highest BCUT2D eigenvalue weighted by atomic mass is 79.9. The highest BCUT2D eigenvalue weighted by Crippen LogP contribution is 2.21. The fourth-order valence-corrected chi connectivity index (χ4v) is 5.31. The quantitative estimate of drug-likeness (QED) is 0.251.